The van der Waals surface area contributed by atoms with Gasteiger partial charge in [-0.15, -0.1) is 0 Å². The van der Waals surface area contributed by atoms with Gasteiger partial charge in [-0.1, -0.05) is 0 Å². The Morgan fingerprint density at radius 2 is 1.84 bits per heavy atom. The molecule has 0 amide bonds. The second-order valence-corrected chi connectivity index (χ2v) is 8.63. The van der Waals surface area contributed by atoms with E-state index in [1.165, 1.54) is 43.6 Å². The minimum Gasteiger partial charge on any atom is -0.389 e. The van der Waals surface area contributed by atoms with Crippen LogP contribution in [0.15, 0.2) is 0 Å². The molecule has 4 unspecified atom stereocenters. The summed E-state index contributed by atoms with van der Waals surface area (Å²) in [4.78, 5) is 0. The Morgan fingerprint density at radius 1 is 1.00 bits per heavy atom. The molecule has 2 saturated carbocycles. The van der Waals surface area contributed by atoms with Crippen molar-refractivity contribution in [2.24, 2.45) is 17.8 Å². The third kappa shape index (κ3) is 2.08. The van der Waals surface area contributed by atoms with E-state index in [1.807, 2.05) is 0 Å². The van der Waals surface area contributed by atoms with Crippen molar-refractivity contribution in [2.45, 2.75) is 62.6 Å². The molecule has 2 aliphatic carbocycles. The number of hydrogen-bond donors (Lipinski definition) is 1. The van der Waals surface area contributed by atoms with Gasteiger partial charge in [-0.05, 0) is 80.6 Å². The summed E-state index contributed by atoms with van der Waals surface area (Å²) in [6.07, 6.45) is 9.68. The molecule has 108 valence electrons. The van der Waals surface area contributed by atoms with Crippen LogP contribution in [-0.2, 0) is 4.74 Å². The highest BCUT2D eigenvalue weighted by Crippen LogP contribution is 2.57. The lowest BCUT2D eigenvalue weighted by Crippen LogP contribution is -2.52. The van der Waals surface area contributed by atoms with E-state index in [1.54, 1.807) is 0 Å². The predicted molar refractivity (Wildman–Crippen MR) is 78.4 cm³/mol. The van der Waals surface area contributed by atoms with Gasteiger partial charge in [0.1, 0.15) is 0 Å². The molecule has 1 N–H and O–H groups in total. The molecule has 19 heavy (non-hydrogen) atoms. The van der Waals surface area contributed by atoms with Crippen molar-refractivity contribution in [1.29, 1.82) is 0 Å². The Hall–Kier alpha value is 0.270. The summed E-state index contributed by atoms with van der Waals surface area (Å²) in [5.41, 5.74) is -0.198. The summed E-state index contributed by atoms with van der Waals surface area (Å²) < 4.78 is 6.20. The summed E-state index contributed by atoms with van der Waals surface area (Å²) in [5.74, 6) is 4.44. The molecule has 0 aromatic carbocycles. The Morgan fingerprint density at radius 3 is 2.53 bits per heavy atom. The maximum Gasteiger partial charge on any atom is 0.0708 e. The molecule has 0 aromatic rings. The number of fused-ring (bicyclic) bond motifs is 2. The highest BCUT2D eigenvalue weighted by atomic mass is 32.2. The molecule has 2 saturated heterocycles. The monoisotopic (exact) mass is 282 g/mol. The largest absolute Gasteiger partial charge is 0.389 e. The molecule has 4 fully saturated rings. The quantitative estimate of drug-likeness (QED) is 0.800. The van der Waals surface area contributed by atoms with Crippen LogP contribution < -0.4 is 0 Å². The molecule has 1 spiro atoms. The van der Waals surface area contributed by atoms with Gasteiger partial charge in [0, 0.05) is 6.61 Å². The molecule has 2 bridgehead atoms. The van der Waals surface area contributed by atoms with Crippen LogP contribution in [0, 0.1) is 17.8 Å². The predicted octanol–water partition coefficient (Wildman–Crippen LogP) is 3.23. The maximum absolute atomic E-state index is 11.3. The third-order valence-electron chi connectivity index (χ3n) is 6.47. The van der Waals surface area contributed by atoms with Gasteiger partial charge in [-0.2, -0.15) is 11.8 Å². The van der Waals surface area contributed by atoms with Crippen LogP contribution in [0.5, 0.6) is 0 Å². The minimum absolute atomic E-state index is 0.131. The first-order valence-corrected chi connectivity index (χ1v) is 9.30. The van der Waals surface area contributed by atoms with Crippen LogP contribution in [-0.4, -0.2) is 34.4 Å². The van der Waals surface area contributed by atoms with Crippen LogP contribution in [0.25, 0.3) is 0 Å². The van der Waals surface area contributed by atoms with Gasteiger partial charge >= 0.3 is 0 Å². The van der Waals surface area contributed by atoms with E-state index >= 15 is 0 Å². The van der Waals surface area contributed by atoms with Crippen LogP contribution in [0.1, 0.15) is 51.4 Å². The van der Waals surface area contributed by atoms with Crippen molar-refractivity contribution in [3.05, 3.63) is 0 Å². The zero-order chi connectivity index (χ0) is 12.9. The molecular weight excluding hydrogens is 256 g/mol. The molecule has 4 aliphatic rings. The first kappa shape index (κ1) is 13.0. The van der Waals surface area contributed by atoms with E-state index in [-0.39, 0.29) is 11.2 Å². The second kappa shape index (κ2) is 4.64. The van der Waals surface area contributed by atoms with Gasteiger partial charge in [0.05, 0.1) is 11.2 Å². The molecule has 2 nitrogen and oxygen atoms in total. The third-order valence-corrected chi connectivity index (χ3v) is 7.45. The molecule has 4 rings (SSSR count). The van der Waals surface area contributed by atoms with Crippen molar-refractivity contribution in [1.82, 2.24) is 0 Å². The van der Waals surface area contributed by atoms with E-state index < -0.39 is 0 Å². The topological polar surface area (TPSA) is 29.5 Å². The van der Waals surface area contributed by atoms with E-state index in [0.29, 0.717) is 11.8 Å². The lowest BCUT2D eigenvalue weighted by molar-refractivity contribution is -0.160. The Labute approximate surface area is 120 Å². The smallest absolute Gasteiger partial charge is 0.0708 e. The van der Waals surface area contributed by atoms with Crippen molar-refractivity contribution >= 4 is 11.8 Å². The molecule has 4 atom stereocenters. The van der Waals surface area contributed by atoms with Crippen LogP contribution in [0.3, 0.4) is 0 Å². The Bertz CT molecular complexity index is 347. The number of rotatable bonds is 1. The van der Waals surface area contributed by atoms with Crippen molar-refractivity contribution in [2.75, 3.05) is 18.1 Å². The molecule has 0 aromatic heterocycles. The van der Waals surface area contributed by atoms with Gasteiger partial charge in [-0.3, -0.25) is 0 Å². The highest BCUT2D eigenvalue weighted by molar-refractivity contribution is 7.99. The number of thioether (sulfide) groups is 1. The molecule has 3 heteroatoms. The fraction of sp³-hybridized carbons (Fsp3) is 1.00. The number of hydrogen-bond acceptors (Lipinski definition) is 3. The molecule has 2 heterocycles. The lowest BCUT2D eigenvalue weighted by Gasteiger charge is -2.49. The maximum atomic E-state index is 11.3. The lowest BCUT2D eigenvalue weighted by atomic mass is 9.67. The summed E-state index contributed by atoms with van der Waals surface area (Å²) >= 11 is 2.06. The Balaban J connectivity index is 1.52. The summed E-state index contributed by atoms with van der Waals surface area (Å²) in [6, 6.07) is 0. The van der Waals surface area contributed by atoms with E-state index in [2.05, 4.69) is 11.8 Å². The fourth-order valence-corrected chi connectivity index (χ4v) is 6.63. The highest BCUT2D eigenvalue weighted by Gasteiger charge is 2.56. The van der Waals surface area contributed by atoms with Crippen molar-refractivity contribution in [3.63, 3.8) is 0 Å². The molecule has 2 aliphatic heterocycles. The average Bonchev–Trinajstić information content (AvgIpc) is 3.00. The zero-order valence-electron chi connectivity index (χ0n) is 11.8. The summed E-state index contributed by atoms with van der Waals surface area (Å²) in [6.45, 7) is 0.884. The Kier molecular flexibility index (Phi) is 3.17. The minimum atomic E-state index is -0.329. The fourth-order valence-electron chi connectivity index (χ4n) is 5.39. The van der Waals surface area contributed by atoms with Crippen LogP contribution >= 0.6 is 11.8 Å². The first-order valence-electron chi connectivity index (χ1n) is 8.14. The summed E-state index contributed by atoms with van der Waals surface area (Å²) in [7, 11) is 0. The first-order chi connectivity index (χ1) is 9.20. The van der Waals surface area contributed by atoms with Crippen molar-refractivity contribution < 1.29 is 9.84 Å². The van der Waals surface area contributed by atoms with E-state index in [4.69, 9.17) is 4.74 Å². The van der Waals surface area contributed by atoms with Crippen molar-refractivity contribution in [3.8, 4) is 0 Å². The van der Waals surface area contributed by atoms with Gasteiger partial charge in [-0.25, -0.2) is 0 Å². The molecule has 0 radical (unpaired) electrons. The normalized spacial score (nSPS) is 48.8. The second-order valence-electron chi connectivity index (χ2n) is 7.40. The SMILES string of the molecule is OC1(C2CCOC3(CCSCC3)C2)CC2CCC1C2. The number of aliphatic hydroxyl groups is 1. The van der Waals surface area contributed by atoms with Crippen LogP contribution in [0.4, 0.5) is 0 Å². The molecular formula is C16H26O2S. The number of ether oxygens (including phenoxy) is 1. The van der Waals surface area contributed by atoms with Gasteiger partial charge in [0.2, 0.25) is 0 Å². The van der Waals surface area contributed by atoms with Crippen LogP contribution in [0.2, 0.25) is 0 Å². The van der Waals surface area contributed by atoms with E-state index in [9.17, 15) is 5.11 Å². The van der Waals surface area contributed by atoms with Gasteiger partial charge in [0.25, 0.3) is 0 Å². The standard InChI is InChI=1S/C16H26O2S/c17-16(10-12-1-2-13(16)9-12)14-3-6-18-15(11-14)4-7-19-8-5-15/h12-14,17H,1-11H2. The zero-order valence-corrected chi connectivity index (χ0v) is 12.6. The average molecular weight is 282 g/mol. The van der Waals surface area contributed by atoms with E-state index in [0.717, 1.165) is 31.8 Å². The van der Waals surface area contributed by atoms with Gasteiger partial charge < -0.3 is 9.84 Å². The van der Waals surface area contributed by atoms with Gasteiger partial charge in [0.15, 0.2) is 0 Å². The summed E-state index contributed by atoms with van der Waals surface area (Å²) in [5, 5.41) is 11.3.